The first-order chi connectivity index (χ1) is 13.8. The van der Waals surface area contributed by atoms with Crippen molar-refractivity contribution in [3.05, 3.63) is 35.4 Å². The number of halogens is 3. The molecule has 2 aromatic rings. The third-order valence-corrected chi connectivity index (χ3v) is 6.03. The molecule has 4 rings (SSSR count). The highest BCUT2D eigenvalue weighted by Crippen LogP contribution is 2.39. The molecule has 1 unspecified atom stereocenters. The first kappa shape index (κ1) is 19.9. The first-order valence-electron chi connectivity index (χ1n) is 10.0. The van der Waals surface area contributed by atoms with E-state index in [1.165, 1.54) is 0 Å². The zero-order valence-corrected chi connectivity index (χ0v) is 16.5. The van der Waals surface area contributed by atoms with Crippen LogP contribution < -0.4 is 10.2 Å². The maximum Gasteiger partial charge on any atom is 0.416 e. The van der Waals surface area contributed by atoms with E-state index in [9.17, 15) is 18.3 Å². The summed E-state index contributed by atoms with van der Waals surface area (Å²) in [5.74, 6) is 0.937. The Kier molecular flexibility index (Phi) is 5.14. The van der Waals surface area contributed by atoms with Crippen molar-refractivity contribution in [3.8, 4) is 17.0 Å². The number of piperidine rings is 1. The molecule has 0 saturated carbocycles. The molecule has 0 aliphatic carbocycles. The molecule has 1 aromatic carbocycles. The molecule has 29 heavy (non-hydrogen) atoms. The average molecular weight is 406 g/mol. The van der Waals surface area contributed by atoms with Crippen molar-refractivity contribution in [2.45, 2.75) is 51.4 Å². The van der Waals surface area contributed by atoms with Crippen LogP contribution in [0.25, 0.3) is 11.3 Å². The Morgan fingerprint density at radius 2 is 2.03 bits per heavy atom. The Hall–Kier alpha value is -2.35. The normalized spacial score (nSPS) is 24.6. The summed E-state index contributed by atoms with van der Waals surface area (Å²) in [5.41, 5.74) is 0.225. The van der Waals surface area contributed by atoms with Crippen LogP contribution in [0.4, 0.5) is 19.0 Å². The zero-order valence-electron chi connectivity index (χ0n) is 16.5. The highest BCUT2D eigenvalue weighted by atomic mass is 19.4. The van der Waals surface area contributed by atoms with Crippen molar-refractivity contribution in [1.29, 1.82) is 0 Å². The lowest BCUT2D eigenvalue weighted by molar-refractivity contribution is -0.137. The SMILES string of the molecule is CCc1cc(C(F)(F)F)cc(O)c1-c1ccc(N2CC[C@H]3NCC(C)C[C@@H]32)nn1. The van der Waals surface area contributed by atoms with Gasteiger partial charge in [-0.3, -0.25) is 0 Å². The number of aryl methyl sites for hydroxylation is 1. The van der Waals surface area contributed by atoms with Crippen molar-refractivity contribution in [1.82, 2.24) is 15.5 Å². The molecule has 2 N–H and O–H groups in total. The maximum absolute atomic E-state index is 13.1. The van der Waals surface area contributed by atoms with Crippen LogP contribution >= 0.6 is 0 Å². The van der Waals surface area contributed by atoms with Crippen molar-refractivity contribution < 1.29 is 18.3 Å². The number of nitrogens with one attached hydrogen (secondary N) is 1. The van der Waals surface area contributed by atoms with Crippen LogP contribution in [0.5, 0.6) is 5.75 Å². The molecule has 2 fully saturated rings. The second kappa shape index (κ2) is 7.48. The molecule has 5 nitrogen and oxygen atoms in total. The van der Waals surface area contributed by atoms with E-state index in [-0.39, 0.29) is 0 Å². The minimum Gasteiger partial charge on any atom is -0.507 e. The zero-order chi connectivity index (χ0) is 20.8. The van der Waals surface area contributed by atoms with Gasteiger partial charge in [0.15, 0.2) is 5.82 Å². The van der Waals surface area contributed by atoms with Gasteiger partial charge in [-0.25, -0.2) is 0 Å². The number of fused-ring (bicyclic) bond motifs is 1. The smallest absolute Gasteiger partial charge is 0.416 e. The third kappa shape index (κ3) is 3.77. The summed E-state index contributed by atoms with van der Waals surface area (Å²) in [5, 5.41) is 22.5. The molecule has 0 spiro atoms. The second-order valence-electron chi connectivity index (χ2n) is 8.06. The number of hydrogen-bond acceptors (Lipinski definition) is 5. The molecule has 3 atom stereocenters. The number of phenolic OH excluding ortho intramolecular Hbond substituents is 1. The predicted molar refractivity (Wildman–Crippen MR) is 105 cm³/mol. The lowest BCUT2D eigenvalue weighted by atomic mass is 9.92. The standard InChI is InChI=1S/C21H25F3N4O/c1-3-13-9-14(21(22,23)24)10-18(29)20(13)16-4-5-19(27-26-16)28-7-6-15-17(28)8-12(2)11-25-15/h4-5,9-10,12,15,17,25,29H,3,6-8,11H2,1-2H3/t12?,15-,17+/m1/s1. The van der Waals surface area contributed by atoms with E-state index in [2.05, 4.69) is 27.3 Å². The van der Waals surface area contributed by atoms with Crippen molar-refractivity contribution >= 4 is 5.82 Å². The van der Waals surface area contributed by atoms with Gasteiger partial charge in [0, 0.05) is 24.2 Å². The summed E-state index contributed by atoms with van der Waals surface area (Å²) in [7, 11) is 0. The van der Waals surface area contributed by atoms with E-state index < -0.39 is 17.5 Å². The Balaban J connectivity index is 1.63. The van der Waals surface area contributed by atoms with Crippen molar-refractivity contribution in [2.24, 2.45) is 5.92 Å². The molecule has 156 valence electrons. The molecular formula is C21H25F3N4O. The predicted octanol–water partition coefficient (Wildman–Crippen LogP) is 4.01. The largest absolute Gasteiger partial charge is 0.507 e. The van der Waals surface area contributed by atoms with Gasteiger partial charge in [0.25, 0.3) is 0 Å². The van der Waals surface area contributed by atoms with Crippen LogP contribution in [0.1, 0.15) is 37.8 Å². The number of alkyl halides is 3. The summed E-state index contributed by atoms with van der Waals surface area (Å²) in [6.45, 7) is 5.91. The van der Waals surface area contributed by atoms with Crippen molar-refractivity contribution in [2.75, 3.05) is 18.0 Å². The fourth-order valence-electron chi connectivity index (χ4n) is 4.55. The topological polar surface area (TPSA) is 61.3 Å². The van der Waals surface area contributed by atoms with Gasteiger partial charge in [-0.15, -0.1) is 10.2 Å². The van der Waals surface area contributed by atoms with Crippen molar-refractivity contribution in [3.63, 3.8) is 0 Å². The van der Waals surface area contributed by atoms with Gasteiger partial charge >= 0.3 is 6.18 Å². The fraction of sp³-hybridized carbons (Fsp3) is 0.524. The Bertz CT molecular complexity index is 885. The number of anilines is 1. The number of nitrogens with zero attached hydrogens (tertiary/aromatic N) is 3. The summed E-state index contributed by atoms with van der Waals surface area (Å²) >= 11 is 0. The van der Waals surface area contributed by atoms with E-state index in [0.717, 1.165) is 43.9 Å². The number of rotatable bonds is 3. The minimum absolute atomic E-state index is 0.312. The van der Waals surface area contributed by atoms with Gasteiger partial charge in [-0.2, -0.15) is 13.2 Å². The van der Waals surface area contributed by atoms with Gasteiger partial charge in [-0.05, 0) is 61.6 Å². The van der Waals surface area contributed by atoms with Crippen LogP contribution in [0.3, 0.4) is 0 Å². The minimum atomic E-state index is -4.51. The second-order valence-corrected chi connectivity index (χ2v) is 8.06. The van der Waals surface area contributed by atoms with E-state index in [1.807, 2.05) is 6.07 Å². The van der Waals surface area contributed by atoms with Crippen LogP contribution in [0.15, 0.2) is 24.3 Å². The summed E-state index contributed by atoms with van der Waals surface area (Å²) in [6, 6.07) is 6.25. The van der Waals surface area contributed by atoms with Crippen LogP contribution in [0.2, 0.25) is 0 Å². The van der Waals surface area contributed by atoms with Gasteiger partial charge in [0.1, 0.15) is 5.75 Å². The average Bonchev–Trinajstić information content (AvgIpc) is 3.09. The molecule has 2 saturated heterocycles. The number of aromatic hydroxyl groups is 1. The number of aromatic nitrogens is 2. The number of hydrogen-bond donors (Lipinski definition) is 2. The maximum atomic E-state index is 13.1. The molecule has 2 aliphatic heterocycles. The molecule has 1 aromatic heterocycles. The quantitative estimate of drug-likeness (QED) is 0.807. The van der Waals surface area contributed by atoms with Gasteiger partial charge in [-0.1, -0.05) is 13.8 Å². The van der Waals surface area contributed by atoms with Crippen LogP contribution in [-0.2, 0) is 12.6 Å². The Labute approximate surface area is 167 Å². The van der Waals surface area contributed by atoms with E-state index >= 15 is 0 Å². The molecular weight excluding hydrogens is 381 g/mol. The lowest BCUT2D eigenvalue weighted by Crippen LogP contribution is -2.50. The van der Waals surface area contributed by atoms with Gasteiger partial charge in [0.2, 0.25) is 0 Å². The first-order valence-corrected chi connectivity index (χ1v) is 10.0. The Morgan fingerprint density at radius 1 is 1.24 bits per heavy atom. The lowest BCUT2D eigenvalue weighted by Gasteiger charge is -2.36. The van der Waals surface area contributed by atoms with Crippen LogP contribution in [-0.4, -0.2) is 40.5 Å². The van der Waals surface area contributed by atoms with E-state index in [1.54, 1.807) is 13.0 Å². The van der Waals surface area contributed by atoms with E-state index in [4.69, 9.17) is 0 Å². The number of phenols is 1. The molecule has 0 bridgehead atoms. The third-order valence-electron chi connectivity index (χ3n) is 6.03. The summed E-state index contributed by atoms with van der Waals surface area (Å²) in [6.07, 6.45) is -2.01. The molecule has 8 heteroatoms. The fourth-order valence-corrected chi connectivity index (χ4v) is 4.55. The van der Waals surface area contributed by atoms with Gasteiger partial charge < -0.3 is 15.3 Å². The van der Waals surface area contributed by atoms with E-state index in [0.29, 0.717) is 41.2 Å². The highest BCUT2D eigenvalue weighted by molar-refractivity contribution is 5.72. The monoisotopic (exact) mass is 406 g/mol. The highest BCUT2D eigenvalue weighted by Gasteiger charge is 2.38. The molecule has 0 amide bonds. The molecule has 2 aliphatic rings. The summed E-state index contributed by atoms with van der Waals surface area (Å²) < 4.78 is 39.2. The Morgan fingerprint density at radius 3 is 2.69 bits per heavy atom. The van der Waals surface area contributed by atoms with Gasteiger partial charge in [0.05, 0.1) is 11.3 Å². The molecule has 3 heterocycles. The number of benzene rings is 1. The summed E-state index contributed by atoms with van der Waals surface area (Å²) in [4.78, 5) is 2.26. The van der Waals surface area contributed by atoms with Crippen LogP contribution in [0, 0.1) is 5.92 Å². The molecule has 0 radical (unpaired) electrons.